The van der Waals surface area contributed by atoms with Crippen molar-refractivity contribution in [3.8, 4) is 17.4 Å². The van der Waals surface area contributed by atoms with Crippen LogP contribution >= 0.6 is 0 Å². The smallest absolute Gasteiger partial charge is 0.219 e. The molecular formula is C29H26N2O3. The molecule has 6 rings (SSSR count). The lowest BCUT2D eigenvalue weighted by atomic mass is 9.80. The number of aliphatic imine (C=N–C) groups is 1. The van der Waals surface area contributed by atoms with Crippen LogP contribution in [0.2, 0.25) is 0 Å². The van der Waals surface area contributed by atoms with Crippen molar-refractivity contribution < 1.29 is 14.6 Å². The predicted octanol–water partition coefficient (Wildman–Crippen LogP) is 6.07. The van der Waals surface area contributed by atoms with Crippen molar-refractivity contribution >= 4 is 16.8 Å². The average molecular weight is 451 g/mol. The van der Waals surface area contributed by atoms with E-state index < -0.39 is 0 Å². The fourth-order valence-electron chi connectivity index (χ4n) is 5.15. The molecule has 5 nitrogen and oxygen atoms in total. The number of aromatic nitrogens is 1. The van der Waals surface area contributed by atoms with Crippen LogP contribution in [-0.2, 0) is 17.6 Å². The molecule has 170 valence electrons. The molecule has 34 heavy (non-hydrogen) atoms. The van der Waals surface area contributed by atoms with Gasteiger partial charge < -0.3 is 14.6 Å². The first-order chi connectivity index (χ1) is 16.5. The second-order valence-corrected chi connectivity index (χ2v) is 9.81. The Kier molecular flexibility index (Phi) is 4.80. The van der Waals surface area contributed by atoms with E-state index in [1.54, 1.807) is 18.2 Å². The van der Waals surface area contributed by atoms with E-state index in [9.17, 15) is 5.11 Å². The molecule has 4 aromatic rings. The normalized spacial score (nSPS) is 20.6. The lowest BCUT2D eigenvalue weighted by Gasteiger charge is -2.31. The number of benzene rings is 3. The van der Waals surface area contributed by atoms with Crippen LogP contribution in [0.3, 0.4) is 0 Å². The average Bonchev–Trinajstić information content (AvgIpc) is 3.22. The molecule has 5 heteroatoms. The van der Waals surface area contributed by atoms with Crippen LogP contribution in [0.15, 0.2) is 83.9 Å². The molecule has 0 bridgehead atoms. The van der Waals surface area contributed by atoms with Gasteiger partial charge >= 0.3 is 0 Å². The predicted molar refractivity (Wildman–Crippen MR) is 133 cm³/mol. The van der Waals surface area contributed by atoms with Crippen molar-refractivity contribution in [1.82, 2.24) is 4.98 Å². The Labute approximate surface area is 198 Å². The van der Waals surface area contributed by atoms with Gasteiger partial charge in [0.2, 0.25) is 11.8 Å². The molecular weight excluding hydrogens is 424 g/mol. The molecule has 1 N–H and O–H groups in total. The van der Waals surface area contributed by atoms with Crippen molar-refractivity contribution in [2.24, 2.45) is 10.4 Å². The summed E-state index contributed by atoms with van der Waals surface area (Å²) < 4.78 is 12.5. The van der Waals surface area contributed by atoms with Crippen molar-refractivity contribution in [3.05, 3.63) is 95.6 Å². The minimum absolute atomic E-state index is 0.0182. The van der Waals surface area contributed by atoms with Gasteiger partial charge in [0, 0.05) is 22.4 Å². The summed E-state index contributed by atoms with van der Waals surface area (Å²) in [7, 11) is 0. The highest BCUT2D eigenvalue weighted by Crippen LogP contribution is 2.40. The number of phenolic OH excluding ortho intramolecular Hbond substituents is 1. The van der Waals surface area contributed by atoms with Gasteiger partial charge in [0.05, 0.1) is 6.04 Å². The number of para-hydroxylation sites is 1. The van der Waals surface area contributed by atoms with Gasteiger partial charge in [-0.2, -0.15) is 0 Å². The maximum Gasteiger partial charge on any atom is 0.219 e. The van der Waals surface area contributed by atoms with Crippen LogP contribution < -0.4 is 4.74 Å². The third kappa shape index (κ3) is 3.67. The van der Waals surface area contributed by atoms with E-state index in [2.05, 4.69) is 43.1 Å². The summed E-state index contributed by atoms with van der Waals surface area (Å²) in [4.78, 5) is 9.50. The third-order valence-electron chi connectivity index (χ3n) is 6.81. The highest BCUT2D eigenvalue weighted by Gasteiger charge is 2.45. The lowest BCUT2D eigenvalue weighted by molar-refractivity contribution is 0.0676. The Bertz CT molecular complexity index is 1430. The molecule has 2 heterocycles. The van der Waals surface area contributed by atoms with Gasteiger partial charge in [-0.3, -0.25) is 0 Å². The minimum atomic E-state index is -0.0341. The number of nitrogens with zero attached hydrogens (tertiary/aromatic N) is 2. The van der Waals surface area contributed by atoms with Crippen LogP contribution in [0, 0.1) is 5.41 Å². The van der Waals surface area contributed by atoms with Crippen molar-refractivity contribution in [1.29, 1.82) is 0 Å². The zero-order valence-corrected chi connectivity index (χ0v) is 19.2. The highest BCUT2D eigenvalue weighted by molar-refractivity contribution is 5.96. The molecule has 0 saturated carbocycles. The van der Waals surface area contributed by atoms with Crippen LogP contribution in [-0.4, -0.2) is 28.1 Å². The third-order valence-corrected chi connectivity index (χ3v) is 6.81. The van der Waals surface area contributed by atoms with E-state index in [4.69, 9.17) is 14.5 Å². The fourth-order valence-corrected chi connectivity index (χ4v) is 5.15. The first kappa shape index (κ1) is 20.7. The van der Waals surface area contributed by atoms with E-state index in [0.717, 1.165) is 23.8 Å². The summed E-state index contributed by atoms with van der Waals surface area (Å²) in [5.74, 6) is 1.86. The number of hydrogen-bond acceptors (Lipinski definition) is 5. The van der Waals surface area contributed by atoms with Gasteiger partial charge in [0.1, 0.15) is 23.1 Å². The van der Waals surface area contributed by atoms with Crippen molar-refractivity contribution in [2.45, 2.75) is 38.8 Å². The Morgan fingerprint density at radius 2 is 1.76 bits per heavy atom. The quantitative estimate of drug-likeness (QED) is 0.411. The topological polar surface area (TPSA) is 63.9 Å². The van der Waals surface area contributed by atoms with E-state index in [1.807, 2.05) is 36.4 Å². The Balaban J connectivity index is 1.28. The molecule has 2 atom stereocenters. The SMILES string of the molecule is CC1(C)Cc2ccccc2C[C@@H]2N=C(c3cccc(Oc4ccc5cccc(O)c5n4)c3)O[C@H]21. The van der Waals surface area contributed by atoms with Gasteiger partial charge in [0.15, 0.2) is 0 Å². The minimum Gasteiger partial charge on any atom is -0.506 e. The highest BCUT2D eigenvalue weighted by atomic mass is 16.5. The molecule has 3 aromatic carbocycles. The van der Waals surface area contributed by atoms with E-state index in [0.29, 0.717) is 23.0 Å². The number of phenols is 1. The lowest BCUT2D eigenvalue weighted by Crippen LogP contribution is -2.38. The van der Waals surface area contributed by atoms with Gasteiger partial charge in [-0.15, -0.1) is 0 Å². The first-order valence-corrected chi connectivity index (χ1v) is 11.6. The van der Waals surface area contributed by atoms with Crippen LogP contribution in [0.4, 0.5) is 0 Å². The first-order valence-electron chi connectivity index (χ1n) is 11.6. The number of aromatic hydroxyl groups is 1. The summed E-state index contributed by atoms with van der Waals surface area (Å²) in [5.41, 5.74) is 4.12. The van der Waals surface area contributed by atoms with Gasteiger partial charge in [-0.25, -0.2) is 9.98 Å². The van der Waals surface area contributed by atoms with E-state index in [1.165, 1.54) is 11.1 Å². The van der Waals surface area contributed by atoms with Crippen LogP contribution in [0.25, 0.3) is 10.9 Å². The Hall–Kier alpha value is -3.86. The number of ether oxygens (including phenoxy) is 2. The molecule has 1 aliphatic carbocycles. The summed E-state index contributed by atoms with van der Waals surface area (Å²) in [6.45, 7) is 4.54. The molecule has 0 radical (unpaired) electrons. The standard InChI is InChI=1S/C29H26N2O3/c1-29(2)17-21-8-4-3-7-19(21)16-23-27(29)34-28(30-23)20-10-5-11-22(15-20)33-25-14-13-18-9-6-12-24(32)26(18)31-25/h3-15,23,27,32H,16-17H2,1-2H3/t23-,27+/m0/s1. The number of fused-ring (bicyclic) bond motifs is 3. The van der Waals surface area contributed by atoms with Crippen molar-refractivity contribution in [3.63, 3.8) is 0 Å². The summed E-state index contributed by atoms with van der Waals surface area (Å²) in [5, 5.41) is 11.0. The second-order valence-electron chi connectivity index (χ2n) is 9.81. The second kappa shape index (κ2) is 7.87. The number of hydrogen-bond donors (Lipinski definition) is 1. The molecule has 0 amide bonds. The monoisotopic (exact) mass is 450 g/mol. The van der Waals surface area contributed by atoms with Crippen molar-refractivity contribution in [2.75, 3.05) is 0 Å². The van der Waals surface area contributed by atoms with E-state index >= 15 is 0 Å². The zero-order chi connectivity index (χ0) is 23.3. The van der Waals surface area contributed by atoms with Gasteiger partial charge in [0.25, 0.3) is 0 Å². The molecule has 0 saturated heterocycles. The molecule has 1 aromatic heterocycles. The Morgan fingerprint density at radius 1 is 0.941 bits per heavy atom. The largest absolute Gasteiger partial charge is 0.506 e. The van der Waals surface area contributed by atoms with Gasteiger partial charge in [-0.05, 0) is 54.3 Å². The summed E-state index contributed by atoms with van der Waals surface area (Å²) >= 11 is 0. The summed E-state index contributed by atoms with van der Waals surface area (Å²) in [6.07, 6.45) is 1.87. The maximum absolute atomic E-state index is 10.1. The van der Waals surface area contributed by atoms with Crippen LogP contribution in [0.1, 0.15) is 30.5 Å². The maximum atomic E-state index is 10.1. The zero-order valence-electron chi connectivity index (χ0n) is 19.2. The number of pyridine rings is 1. The fraction of sp³-hybridized carbons (Fsp3) is 0.241. The molecule has 0 fully saturated rings. The van der Waals surface area contributed by atoms with E-state index in [-0.39, 0.29) is 23.3 Å². The number of rotatable bonds is 3. The molecule has 0 unspecified atom stereocenters. The molecule has 0 spiro atoms. The Morgan fingerprint density at radius 3 is 2.65 bits per heavy atom. The summed E-state index contributed by atoms with van der Waals surface area (Å²) in [6, 6.07) is 25.5. The van der Waals surface area contributed by atoms with Gasteiger partial charge in [-0.1, -0.05) is 56.3 Å². The van der Waals surface area contributed by atoms with Crippen LogP contribution in [0.5, 0.6) is 17.4 Å². The molecule has 1 aliphatic heterocycles. The molecule has 2 aliphatic rings.